The highest BCUT2D eigenvalue weighted by Crippen LogP contribution is 2.31. The summed E-state index contributed by atoms with van der Waals surface area (Å²) in [7, 11) is 3.41. The minimum Gasteiger partial charge on any atom is -0.496 e. The van der Waals surface area contributed by atoms with Gasteiger partial charge in [-0.2, -0.15) is 0 Å². The first kappa shape index (κ1) is 16.1. The van der Waals surface area contributed by atoms with E-state index >= 15 is 0 Å². The molecule has 0 aromatic heterocycles. The van der Waals surface area contributed by atoms with E-state index in [0.29, 0.717) is 22.8 Å². The lowest BCUT2D eigenvalue weighted by molar-refractivity contribution is 0.400. The van der Waals surface area contributed by atoms with Crippen LogP contribution in [0.1, 0.15) is 17.2 Å². The van der Waals surface area contributed by atoms with Gasteiger partial charge in [-0.1, -0.05) is 41.4 Å². The molecule has 0 fully saturated rings. The first-order valence-electron chi connectivity index (χ1n) is 6.50. The van der Waals surface area contributed by atoms with Crippen LogP contribution in [0.3, 0.4) is 0 Å². The molecule has 2 nitrogen and oxygen atoms in total. The average molecular weight is 328 g/mol. The van der Waals surface area contributed by atoms with Gasteiger partial charge >= 0.3 is 0 Å². The summed E-state index contributed by atoms with van der Waals surface area (Å²) in [6, 6.07) is 10.3. The number of likely N-dealkylation sites (N-methyl/N-ethyl adjacent to an activating group) is 1. The van der Waals surface area contributed by atoms with Crippen molar-refractivity contribution in [2.45, 2.75) is 12.5 Å². The van der Waals surface area contributed by atoms with E-state index in [1.807, 2.05) is 13.1 Å². The first-order valence-corrected chi connectivity index (χ1v) is 7.26. The molecule has 1 atom stereocenters. The molecule has 0 aliphatic heterocycles. The lowest BCUT2D eigenvalue weighted by Gasteiger charge is -2.20. The minimum absolute atomic E-state index is 0.106. The fourth-order valence-corrected chi connectivity index (χ4v) is 2.62. The van der Waals surface area contributed by atoms with Crippen LogP contribution in [0.4, 0.5) is 4.39 Å². The van der Waals surface area contributed by atoms with Crippen molar-refractivity contribution in [3.8, 4) is 5.75 Å². The Morgan fingerprint density at radius 3 is 2.67 bits per heavy atom. The Labute approximate surface area is 133 Å². The van der Waals surface area contributed by atoms with Crippen LogP contribution in [0.15, 0.2) is 36.4 Å². The number of hydrogen-bond acceptors (Lipinski definition) is 2. The molecule has 1 unspecified atom stereocenters. The highest BCUT2D eigenvalue weighted by Gasteiger charge is 2.18. The predicted molar refractivity (Wildman–Crippen MR) is 84.9 cm³/mol. The van der Waals surface area contributed by atoms with Gasteiger partial charge in [0, 0.05) is 16.6 Å². The van der Waals surface area contributed by atoms with Crippen molar-refractivity contribution in [2.24, 2.45) is 0 Å². The zero-order valence-corrected chi connectivity index (χ0v) is 13.3. The summed E-state index contributed by atoms with van der Waals surface area (Å²) >= 11 is 11.8. The number of halogens is 3. The van der Waals surface area contributed by atoms with Crippen LogP contribution in [0.25, 0.3) is 0 Å². The Morgan fingerprint density at radius 1 is 1.24 bits per heavy atom. The average Bonchev–Trinajstić information content (AvgIpc) is 2.49. The Balaban J connectivity index is 2.34. The van der Waals surface area contributed by atoms with Crippen LogP contribution >= 0.6 is 23.2 Å². The predicted octanol–water partition coefficient (Wildman–Crippen LogP) is 4.64. The fourth-order valence-electron chi connectivity index (χ4n) is 2.27. The zero-order valence-electron chi connectivity index (χ0n) is 11.8. The van der Waals surface area contributed by atoms with Gasteiger partial charge in [-0.15, -0.1) is 0 Å². The Hall–Kier alpha value is -1.29. The number of benzene rings is 2. The molecule has 112 valence electrons. The molecule has 0 aliphatic carbocycles. The number of rotatable bonds is 5. The quantitative estimate of drug-likeness (QED) is 0.863. The summed E-state index contributed by atoms with van der Waals surface area (Å²) in [5.41, 5.74) is 1.47. The summed E-state index contributed by atoms with van der Waals surface area (Å²) < 4.78 is 19.4. The molecule has 0 heterocycles. The van der Waals surface area contributed by atoms with E-state index in [9.17, 15) is 4.39 Å². The molecule has 2 rings (SSSR count). The van der Waals surface area contributed by atoms with Crippen LogP contribution in [-0.4, -0.2) is 14.2 Å². The highest BCUT2D eigenvalue weighted by atomic mass is 35.5. The lowest BCUT2D eigenvalue weighted by atomic mass is 9.98. The smallest absolute Gasteiger partial charge is 0.145 e. The van der Waals surface area contributed by atoms with Crippen molar-refractivity contribution in [3.05, 3.63) is 63.4 Å². The molecule has 0 saturated carbocycles. The number of hydrogen-bond donors (Lipinski definition) is 1. The molecule has 0 radical (unpaired) electrons. The third-order valence-corrected chi connectivity index (χ3v) is 3.90. The van der Waals surface area contributed by atoms with Gasteiger partial charge in [0.05, 0.1) is 12.1 Å². The van der Waals surface area contributed by atoms with Crippen molar-refractivity contribution in [1.82, 2.24) is 5.32 Å². The van der Waals surface area contributed by atoms with Gasteiger partial charge in [0.15, 0.2) is 0 Å². The van der Waals surface area contributed by atoms with E-state index in [4.69, 9.17) is 27.9 Å². The second-order valence-corrected chi connectivity index (χ2v) is 5.49. The number of ether oxygens (including phenoxy) is 1. The van der Waals surface area contributed by atoms with E-state index in [-0.39, 0.29) is 16.9 Å². The SMILES string of the molecule is CNC(Cc1cccc(Cl)c1F)c1ccc(Cl)cc1OC. The summed E-state index contributed by atoms with van der Waals surface area (Å²) in [5, 5.41) is 3.90. The number of methoxy groups -OCH3 is 1. The normalized spacial score (nSPS) is 12.2. The molecule has 0 spiro atoms. The van der Waals surface area contributed by atoms with E-state index in [0.717, 1.165) is 5.56 Å². The Morgan fingerprint density at radius 2 is 2.00 bits per heavy atom. The van der Waals surface area contributed by atoms with Crippen LogP contribution in [-0.2, 0) is 6.42 Å². The molecule has 0 aliphatic rings. The molecule has 0 amide bonds. The zero-order chi connectivity index (χ0) is 15.4. The minimum atomic E-state index is -0.382. The van der Waals surface area contributed by atoms with Crippen molar-refractivity contribution >= 4 is 23.2 Å². The van der Waals surface area contributed by atoms with Gasteiger partial charge in [0.25, 0.3) is 0 Å². The van der Waals surface area contributed by atoms with Gasteiger partial charge < -0.3 is 10.1 Å². The maximum atomic E-state index is 14.0. The van der Waals surface area contributed by atoms with Crippen LogP contribution in [0, 0.1) is 5.82 Å². The maximum Gasteiger partial charge on any atom is 0.145 e. The van der Waals surface area contributed by atoms with E-state index in [2.05, 4.69) is 5.32 Å². The summed E-state index contributed by atoms with van der Waals surface area (Å²) in [6.45, 7) is 0. The third-order valence-electron chi connectivity index (χ3n) is 3.38. The number of nitrogens with one attached hydrogen (secondary N) is 1. The third kappa shape index (κ3) is 3.67. The molecule has 21 heavy (non-hydrogen) atoms. The Bertz CT molecular complexity index is 634. The van der Waals surface area contributed by atoms with Crippen molar-refractivity contribution in [2.75, 3.05) is 14.2 Å². The van der Waals surface area contributed by atoms with E-state index < -0.39 is 0 Å². The molecule has 0 saturated heterocycles. The van der Waals surface area contributed by atoms with Gasteiger partial charge in [-0.05, 0) is 37.2 Å². The molecule has 2 aromatic carbocycles. The standard InChI is InChI=1S/C16H16Cl2FNO/c1-20-14(8-10-4-3-5-13(18)16(10)19)12-7-6-11(17)9-15(12)21-2/h3-7,9,14,20H,8H2,1-2H3. The Kier molecular flexibility index (Phi) is 5.45. The molecular weight excluding hydrogens is 312 g/mol. The van der Waals surface area contributed by atoms with E-state index in [1.54, 1.807) is 31.4 Å². The van der Waals surface area contributed by atoms with Crippen molar-refractivity contribution < 1.29 is 9.13 Å². The first-order chi connectivity index (χ1) is 10.1. The second kappa shape index (κ2) is 7.12. The molecule has 1 N–H and O–H groups in total. The monoisotopic (exact) mass is 327 g/mol. The second-order valence-electron chi connectivity index (χ2n) is 4.64. The van der Waals surface area contributed by atoms with Gasteiger partial charge in [-0.3, -0.25) is 0 Å². The fraction of sp³-hybridized carbons (Fsp3) is 0.250. The summed E-state index contributed by atoms with van der Waals surface area (Å²) in [5.74, 6) is 0.289. The van der Waals surface area contributed by atoms with Crippen LogP contribution < -0.4 is 10.1 Å². The highest BCUT2D eigenvalue weighted by molar-refractivity contribution is 6.31. The maximum absolute atomic E-state index is 14.0. The lowest BCUT2D eigenvalue weighted by Crippen LogP contribution is -2.20. The summed E-state index contributed by atoms with van der Waals surface area (Å²) in [4.78, 5) is 0. The van der Waals surface area contributed by atoms with Crippen molar-refractivity contribution in [1.29, 1.82) is 0 Å². The molecule has 5 heteroatoms. The largest absolute Gasteiger partial charge is 0.496 e. The van der Waals surface area contributed by atoms with Gasteiger partial charge in [0.1, 0.15) is 11.6 Å². The van der Waals surface area contributed by atoms with Gasteiger partial charge in [0.2, 0.25) is 0 Å². The van der Waals surface area contributed by atoms with Gasteiger partial charge in [-0.25, -0.2) is 4.39 Å². The van der Waals surface area contributed by atoms with Crippen molar-refractivity contribution in [3.63, 3.8) is 0 Å². The van der Waals surface area contributed by atoms with Crippen LogP contribution in [0.5, 0.6) is 5.75 Å². The molecular formula is C16H16Cl2FNO. The molecule has 2 aromatic rings. The topological polar surface area (TPSA) is 21.3 Å². The van der Waals surface area contributed by atoms with E-state index in [1.165, 1.54) is 6.07 Å². The van der Waals surface area contributed by atoms with Crippen LogP contribution in [0.2, 0.25) is 10.0 Å². The summed E-state index contributed by atoms with van der Waals surface area (Å²) in [6.07, 6.45) is 0.459. The molecule has 0 bridgehead atoms.